The minimum Gasteiger partial charge on any atom is -0.454 e. The van der Waals surface area contributed by atoms with Gasteiger partial charge < -0.3 is 24.7 Å². The summed E-state index contributed by atoms with van der Waals surface area (Å²) in [6, 6.07) is 14.0. The number of aromatic amines is 1. The Bertz CT molecular complexity index is 1220. The molecule has 3 aliphatic rings. The van der Waals surface area contributed by atoms with E-state index in [1.165, 1.54) is 10.9 Å². The number of nitrogens with zero attached hydrogens (tertiary/aromatic N) is 1. The summed E-state index contributed by atoms with van der Waals surface area (Å²) >= 11 is 0. The number of carbonyl (C=O) groups is 2. The van der Waals surface area contributed by atoms with Crippen molar-refractivity contribution in [2.75, 3.05) is 13.3 Å². The lowest BCUT2D eigenvalue weighted by atomic mass is 9.91. The van der Waals surface area contributed by atoms with Crippen molar-refractivity contribution in [2.24, 2.45) is 5.92 Å². The first-order valence-corrected chi connectivity index (χ1v) is 11.2. The van der Waals surface area contributed by atoms with Gasteiger partial charge in [-0.2, -0.15) is 0 Å². The predicted molar refractivity (Wildman–Crippen MR) is 118 cm³/mol. The van der Waals surface area contributed by atoms with Crippen LogP contribution in [0.3, 0.4) is 0 Å². The van der Waals surface area contributed by atoms with E-state index < -0.39 is 0 Å². The summed E-state index contributed by atoms with van der Waals surface area (Å²) in [6.07, 6.45) is 3.23. The zero-order chi connectivity index (χ0) is 21.7. The molecule has 0 spiro atoms. The number of aryl methyl sites for hydroxylation is 1. The maximum Gasteiger partial charge on any atom is 0.231 e. The minimum atomic E-state index is -0.328. The molecular weight excluding hydrogens is 406 g/mol. The lowest BCUT2D eigenvalue weighted by molar-refractivity contribution is -0.129. The molecule has 164 valence electrons. The van der Waals surface area contributed by atoms with Crippen LogP contribution in [-0.4, -0.2) is 35.0 Å². The number of carbonyl (C=O) groups excluding carboxylic acids is 2. The van der Waals surface area contributed by atoms with E-state index >= 15 is 0 Å². The summed E-state index contributed by atoms with van der Waals surface area (Å²) in [7, 11) is 0. The molecule has 1 aromatic heterocycles. The second-order valence-corrected chi connectivity index (χ2v) is 8.88. The molecule has 1 saturated heterocycles. The summed E-state index contributed by atoms with van der Waals surface area (Å²) in [5.41, 5.74) is 4.51. The van der Waals surface area contributed by atoms with E-state index in [4.69, 9.17) is 9.47 Å². The summed E-state index contributed by atoms with van der Waals surface area (Å²) in [4.78, 5) is 31.0. The largest absolute Gasteiger partial charge is 0.454 e. The molecule has 2 atom stereocenters. The Morgan fingerprint density at radius 3 is 2.97 bits per heavy atom. The fourth-order valence-corrected chi connectivity index (χ4v) is 5.21. The van der Waals surface area contributed by atoms with Crippen molar-refractivity contribution in [3.8, 4) is 11.5 Å². The zero-order valence-electron chi connectivity index (χ0n) is 17.7. The Labute approximate surface area is 185 Å². The van der Waals surface area contributed by atoms with Crippen molar-refractivity contribution in [2.45, 2.75) is 38.3 Å². The van der Waals surface area contributed by atoms with Crippen molar-refractivity contribution in [1.82, 2.24) is 15.2 Å². The summed E-state index contributed by atoms with van der Waals surface area (Å²) in [5.74, 6) is 1.07. The number of hydrogen-bond acceptors (Lipinski definition) is 4. The van der Waals surface area contributed by atoms with Gasteiger partial charge in [0.15, 0.2) is 11.5 Å². The fraction of sp³-hybridized carbons (Fsp3) is 0.360. The third-order valence-corrected chi connectivity index (χ3v) is 6.83. The van der Waals surface area contributed by atoms with Gasteiger partial charge in [-0.05, 0) is 48.6 Å². The zero-order valence-corrected chi connectivity index (χ0v) is 17.7. The molecule has 7 heteroatoms. The average Bonchev–Trinajstić information content (AvgIpc) is 3.51. The van der Waals surface area contributed by atoms with Crippen LogP contribution in [0.1, 0.15) is 42.1 Å². The number of aromatic nitrogens is 1. The normalized spacial score (nSPS) is 21.8. The average molecular weight is 431 g/mol. The number of ether oxygens (including phenoxy) is 2. The van der Waals surface area contributed by atoms with Gasteiger partial charge in [-0.3, -0.25) is 9.59 Å². The number of amides is 2. The minimum absolute atomic E-state index is 0.0118. The molecule has 0 unspecified atom stereocenters. The monoisotopic (exact) mass is 431 g/mol. The molecule has 0 radical (unpaired) electrons. The summed E-state index contributed by atoms with van der Waals surface area (Å²) in [6.45, 7) is 1.13. The fourth-order valence-electron chi connectivity index (χ4n) is 5.21. The molecule has 2 aromatic carbocycles. The third kappa shape index (κ3) is 3.28. The molecule has 0 saturated carbocycles. The number of fused-ring (bicyclic) bond motifs is 4. The van der Waals surface area contributed by atoms with Crippen LogP contribution in [0.25, 0.3) is 10.9 Å². The van der Waals surface area contributed by atoms with Crippen LogP contribution in [-0.2, 0) is 22.6 Å². The molecule has 3 aromatic rings. The van der Waals surface area contributed by atoms with E-state index in [-0.39, 0.29) is 37.0 Å². The number of para-hydroxylation sites is 1. The van der Waals surface area contributed by atoms with Gasteiger partial charge in [0.2, 0.25) is 18.6 Å². The lowest BCUT2D eigenvalue weighted by Gasteiger charge is -2.25. The van der Waals surface area contributed by atoms with E-state index in [0.29, 0.717) is 18.8 Å². The van der Waals surface area contributed by atoms with Gasteiger partial charge >= 0.3 is 0 Å². The van der Waals surface area contributed by atoms with E-state index in [2.05, 4.69) is 28.5 Å². The summed E-state index contributed by atoms with van der Waals surface area (Å²) in [5, 5.41) is 4.47. The van der Waals surface area contributed by atoms with Crippen LogP contribution in [0.2, 0.25) is 0 Å². The number of benzene rings is 2. The second-order valence-electron chi connectivity index (χ2n) is 8.88. The van der Waals surface area contributed by atoms with Gasteiger partial charge in [0, 0.05) is 36.1 Å². The Morgan fingerprint density at radius 1 is 1.16 bits per heavy atom. The molecule has 0 bridgehead atoms. The van der Waals surface area contributed by atoms with Gasteiger partial charge in [-0.1, -0.05) is 24.3 Å². The number of rotatable bonds is 4. The Hall–Kier alpha value is -3.48. The highest BCUT2D eigenvalue weighted by atomic mass is 16.7. The van der Waals surface area contributed by atoms with E-state index in [1.54, 1.807) is 4.90 Å². The second kappa shape index (κ2) is 7.58. The Balaban J connectivity index is 1.14. The van der Waals surface area contributed by atoms with Gasteiger partial charge in [0.25, 0.3) is 0 Å². The maximum absolute atomic E-state index is 13.1. The highest BCUT2D eigenvalue weighted by molar-refractivity contribution is 5.90. The number of likely N-dealkylation sites (tertiary alicyclic amines) is 1. The SMILES string of the molecule is O=C(N[C@@H]1CCCc2c1[nH]c1ccccc21)[C@@H]1CC(=O)N(Cc2ccc3c(c2)OCO3)C1. The van der Waals surface area contributed by atoms with Crippen LogP contribution in [0.5, 0.6) is 11.5 Å². The highest BCUT2D eigenvalue weighted by Crippen LogP contribution is 2.36. The summed E-state index contributed by atoms with van der Waals surface area (Å²) < 4.78 is 10.8. The van der Waals surface area contributed by atoms with Crippen molar-refractivity contribution in [3.63, 3.8) is 0 Å². The Kier molecular flexibility index (Phi) is 4.56. The van der Waals surface area contributed by atoms with Crippen molar-refractivity contribution < 1.29 is 19.1 Å². The first kappa shape index (κ1) is 19.2. The molecule has 2 N–H and O–H groups in total. The van der Waals surface area contributed by atoms with E-state index in [9.17, 15) is 9.59 Å². The smallest absolute Gasteiger partial charge is 0.231 e. The first-order valence-electron chi connectivity index (χ1n) is 11.2. The van der Waals surface area contributed by atoms with Crippen molar-refractivity contribution in [1.29, 1.82) is 0 Å². The third-order valence-electron chi connectivity index (χ3n) is 6.83. The standard InChI is InChI=1S/C25H25N3O4/c29-23-11-16(13-28(23)12-15-8-9-21-22(10-15)32-14-31-21)25(30)27-20-7-3-5-18-17-4-1-2-6-19(17)26-24(18)20/h1-2,4,6,8-10,16,20,26H,3,5,7,11-14H2,(H,27,30)/t16-,20-/m1/s1. The van der Waals surface area contributed by atoms with Crippen LogP contribution in [0.15, 0.2) is 42.5 Å². The molecule has 1 aliphatic carbocycles. The van der Waals surface area contributed by atoms with Crippen LogP contribution < -0.4 is 14.8 Å². The molecule has 3 heterocycles. The molecule has 2 amide bonds. The first-order chi connectivity index (χ1) is 15.7. The Morgan fingerprint density at radius 2 is 2.03 bits per heavy atom. The molecule has 32 heavy (non-hydrogen) atoms. The number of hydrogen-bond donors (Lipinski definition) is 2. The molecular formula is C25H25N3O4. The highest BCUT2D eigenvalue weighted by Gasteiger charge is 2.36. The molecule has 2 aliphatic heterocycles. The van der Waals surface area contributed by atoms with Gasteiger partial charge in [0.1, 0.15) is 0 Å². The molecule has 1 fully saturated rings. The van der Waals surface area contributed by atoms with Crippen LogP contribution >= 0.6 is 0 Å². The van der Waals surface area contributed by atoms with Gasteiger partial charge in [-0.25, -0.2) is 0 Å². The quantitative estimate of drug-likeness (QED) is 0.663. The van der Waals surface area contributed by atoms with Crippen LogP contribution in [0.4, 0.5) is 0 Å². The maximum atomic E-state index is 13.1. The topological polar surface area (TPSA) is 83.7 Å². The van der Waals surface area contributed by atoms with Gasteiger partial charge in [-0.15, -0.1) is 0 Å². The molecule has 6 rings (SSSR count). The number of nitrogens with one attached hydrogen (secondary N) is 2. The van der Waals surface area contributed by atoms with E-state index in [0.717, 1.165) is 41.8 Å². The van der Waals surface area contributed by atoms with Crippen LogP contribution in [0, 0.1) is 5.92 Å². The van der Waals surface area contributed by atoms with E-state index in [1.807, 2.05) is 24.3 Å². The molecule has 7 nitrogen and oxygen atoms in total. The lowest BCUT2D eigenvalue weighted by Crippen LogP contribution is -2.36. The predicted octanol–water partition coefficient (Wildman–Crippen LogP) is 3.44. The van der Waals surface area contributed by atoms with Gasteiger partial charge in [0.05, 0.1) is 12.0 Å². The number of H-pyrrole nitrogens is 1. The van der Waals surface area contributed by atoms with Crippen molar-refractivity contribution in [3.05, 3.63) is 59.3 Å². The van der Waals surface area contributed by atoms with Crippen molar-refractivity contribution >= 4 is 22.7 Å².